The Balaban J connectivity index is 1.26. The molecule has 3 atom stereocenters. The van der Waals surface area contributed by atoms with Gasteiger partial charge in [-0.2, -0.15) is 0 Å². The number of carbonyl (C=O) groups excluding carboxylic acids is 1. The van der Waals surface area contributed by atoms with Gasteiger partial charge in [0.25, 0.3) is 5.56 Å². The van der Waals surface area contributed by atoms with Crippen molar-refractivity contribution in [2.75, 3.05) is 0 Å². The monoisotopic (exact) mass is 368 g/mol. The van der Waals surface area contributed by atoms with E-state index in [9.17, 15) is 9.59 Å². The fourth-order valence-corrected chi connectivity index (χ4v) is 4.84. The number of nitrogens with zero attached hydrogens (tertiary/aromatic N) is 1. The van der Waals surface area contributed by atoms with Crippen molar-refractivity contribution in [1.82, 2.24) is 9.97 Å². The van der Waals surface area contributed by atoms with E-state index < -0.39 is 0 Å². The lowest BCUT2D eigenvalue weighted by Crippen LogP contribution is -2.33. The number of rotatable bonds is 5. The topological polar surface area (TPSA) is 72.0 Å². The summed E-state index contributed by atoms with van der Waals surface area (Å²) in [4.78, 5) is 31.6. The van der Waals surface area contributed by atoms with Crippen LogP contribution in [0.2, 0.25) is 0 Å². The second-order valence-electron chi connectivity index (χ2n) is 8.11. The summed E-state index contributed by atoms with van der Waals surface area (Å²) >= 11 is 0. The van der Waals surface area contributed by atoms with Gasteiger partial charge in [-0.3, -0.25) is 9.59 Å². The van der Waals surface area contributed by atoms with Gasteiger partial charge in [0.2, 0.25) is 0 Å². The highest BCUT2D eigenvalue weighted by Gasteiger charge is 2.33. The number of nitrogens with one attached hydrogen (secondary N) is 1. The molecule has 0 unspecified atom stereocenters. The molecule has 0 bridgehead atoms. The van der Waals surface area contributed by atoms with Crippen molar-refractivity contribution in [1.29, 1.82) is 0 Å². The van der Waals surface area contributed by atoms with Crippen LogP contribution >= 0.6 is 0 Å². The Kier molecular flexibility index (Phi) is 5.55. The minimum absolute atomic E-state index is 0.107. The van der Waals surface area contributed by atoms with Gasteiger partial charge in [0.15, 0.2) is 0 Å². The summed E-state index contributed by atoms with van der Waals surface area (Å²) in [5.74, 6) is 2.15. The van der Waals surface area contributed by atoms with Gasteiger partial charge in [-0.05, 0) is 49.7 Å². The number of fused-ring (bicyclic) bond motifs is 2. The van der Waals surface area contributed by atoms with Gasteiger partial charge in [-0.25, -0.2) is 4.98 Å². The number of ether oxygens (including phenoxy) is 1. The summed E-state index contributed by atoms with van der Waals surface area (Å²) in [7, 11) is 0. The molecule has 144 valence electrons. The van der Waals surface area contributed by atoms with Crippen molar-refractivity contribution < 1.29 is 9.53 Å². The average molecular weight is 368 g/mol. The predicted octanol–water partition coefficient (Wildman–Crippen LogP) is 4.15. The lowest BCUT2D eigenvalue weighted by atomic mass is 9.70. The second kappa shape index (κ2) is 8.24. The van der Waals surface area contributed by atoms with Gasteiger partial charge in [-0.15, -0.1) is 0 Å². The molecule has 0 radical (unpaired) electrons. The molecule has 4 rings (SSSR count). The minimum atomic E-state index is -0.123. The van der Waals surface area contributed by atoms with E-state index in [-0.39, 0.29) is 17.6 Å². The first-order valence-electron chi connectivity index (χ1n) is 10.4. The van der Waals surface area contributed by atoms with E-state index in [1.54, 1.807) is 6.07 Å². The number of carbonyl (C=O) groups is 1. The fraction of sp³-hybridized carbons (Fsp3) is 0.591. The van der Waals surface area contributed by atoms with Crippen LogP contribution in [0.25, 0.3) is 10.9 Å². The number of H-pyrrole nitrogens is 1. The molecule has 2 fully saturated rings. The molecular weight excluding hydrogens is 340 g/mol. The Labute approximate surface area is 159 Å². The lowest BCUT2D eigenvalue weighted by Gasteiger charge is -2.38. The molecule has 2 saturated carbocycles. The Morgan fingerprint density at radius 3 is 2.81 bits per heavy atom. The van der Waals surface area contributed by atoms with Gasteiger partial charge in [-0.1, -0.05) is 37.8 Å². The molecule has 0 spiro atoms. The zero-order chi connectivity index (χ0) is 18.6. The molecule has 1 N–H and O–H groups in total. The number of para-hydroxylation sites is 1. The zero-order valence-electron chi connectivity index (χ0n) is 15.8. The SMILES string of the molecule is O=C(CCCc1nc2ccccc2c(=O)[nH]1)O[C@@H]1CC[C@H]2CCCC[C@@H]2C1. The molecule has 0 aliphatic heterocycles. The van der Waals surface area contributed by atoms with E-state index in [1.165, 1.54) is 32.1 Å². The molecule has 0 saturated heterocycles. The molecule has 2 aliphatic rings. The van der Waals surface area contributed by atoms with Gasteiger partial charge in [0.05, 0.1) is 10.9 Å². The lowest BCUT2D eigenvalue weighted by molar-refractivity contribution is -0.152. The maximum Gasteiger partial charge on any atom is 0.306 e. The van der Waals surface area contributed by atoms with Crippen molar-refractivity contribution in [3.63, 3.8) is 0 Å². The van der Waals surface area contributed by atoms with Crippen molar-refractivity contribution >= 4 is 16.9 Å². The number of hydrogen-bond acceptors (Lipinski definition) is 4. The van der Waals surface area contributed by atoms with Gasteiger partial charge in [0, 0.05) is 12.8 Å². The van der Waals surface area contributed by atoms with Crippen LogP contribution in [0.1, 0.15) is 63.6 Å². The van der Waals surface area contributed by atoms with Crippen LogP contribution in [-0.2, 0) is 16.0 Å². The highest BCUT2D eigenvalue weighted by atomic mass is 16.5. The number of hydrogen-bond donors (Lipinski definition) is 1. The first-order chi connectivity index (χ1) is 13.2. The molecule has 1 heterocycles. The molecule has 2 aromatic rings. The maximum absolute atomic E-state index is 12.2. The molecule has 1 aromatic heterocycles. The van der Waals surface area contributed by atoms with E-state index in [4.69, 9.17) is 4.74 Å². The Hall–Kier alpha value is -2.17. The van der Waals surface area contributed by atoms with Crippen LogP contribution in [0.15, 0.2) is 29.1 Å². The largest absolute Gasteiger partial charge is 0.462 e. The van der Waals surface area contributed by atoms with Crippen LogP contribution in [0.5, 0.6) is 0 Å². The molecule has 0 amide bonds. The molecule has 5 nitrogen and oxygen atoms in total. The Morgan fingerprint density at radius 1 is 1.11 bits per heavy atom. The third-order valence-electron chi connectivity index (χ3n) is 6.25. The Bertz CT molecular complexity index is 860. The maximum atomic E-state index is 12.2. The van der Waals surface area contributed by atoms with Crippen molar-refractivity contribution in [2.24, 2.45) is 11.8 Å². The van der Waals surface area contributed by atoms with Crippen molar-refractivity contribution in [2.45, 2.75) is 70.3 Å². The summed E-state index contributed by atoms with van der Waals surface area (Å²) in [6.45, 7) is 0. The molecule has 27 heavy (non-hydrogen) atoms. The van der Waals surface area contributed by atoms with E-state index in [1.807, 2.05) is 18.2 Å². The first kappa shape index (κ1) is 18.2. The van der Waals surface area contributed by atoms with Crippen LogP contribution in [0.4, 0.5) is 0 Å². The summed E-state index contributed by atoms with van der Waals surface area (Å²) in [5, 5.41) is 0.596. The van der Waals surface area contributed by atoms with Crippen LogP contribution < -0.4 is 5.56 Å². The van der Waals surface area contributed by atoms with Crippen LogP contribution in [0.3, 0.4) is 0 Å². The highest BCUT2D eigenvalue weighted by molar-refractivity contribution is 5.77. The van der Waals surface area contributed by atoms with Gasteiger partial charge in [0.1, 0.15) is 11.9 Å². The van der Waals surface area contributed by atoms with Crippen LogP contribution in [-0.4, -0.2) is 22.0 Å². The second-order valence-corrected chi connectivity index (χ2v) is 8.11. The third kappa shape index (κ3) is 4.40. The minimum Gasteiger partial charge on any atom is -0.462 e. The summed E-state index contributed by atoms with van der Waals surface area (Å²) in [5.41, 5.74) is 0.575. The van der Waals surface area contributed by atoms with E-state index >= 15 is 0 Å². The third-order valence-corrected chi connectivity index (χ3v) is 6.25. The summed E-state index contributed by atoms with van der Waals surface area (Å²) in [6.07, 6.45) is 10.4. The molecule has 2 aliphatic carbocycles. The fourth-order valence-electron chi connectivity index (χ4n) is 4.84. The molecule has 5 heteroatoms. The van der Waals surface area contributed by atoms with Gasteiger partial charge >= 0.3 is 5.97 Å². The predicted molar refractivity (Wildman–Crippen MR) is 104 cm³/mol. The summed E-state index contributed by atoms with van der Waals surface area (Å²) in [6, 6.07) is 7.31. The molecule has 1 aromatic carbocycles. The van der Waals surface area contributed by atoms with E-state index in [2.05, 4.69) is 9.97 Å². The number of aromatic amines is 1. The zero-order valence-corrected chi connectivity index (χ0v) is 15.8. The normalized spacial score (nSPS) is 25.1. The Morgan fingerprint density at radius 2 is 1.93 bits per heavy atom. The number of aryl methyl sites for hydroxylation is 1. The van der Waals surface area contributed by atoms with E-state index in [0.717, 1.165) is 24.7 Å². The first-order valence-corrected chi connectivity index (χ1v) is 10.4. The highest BCUT2D eigenvalue weighted by Crippen LogP contribution is 2.41. The summed E-state index contributed by atoms with van der Waals surface area (Å²) < 4.78 is 5.74. The quantitative estimate of drug-likeness (QED) is 0.805. The average Bonchev–Trinajstić information content (AvgIpc) is 2.68. The standard InChI is InChI=1S/C22H28N2O3/c25-21(27-17-13-12-15-6-1-2-7-16(15)14-17)11-5-10-20-23-19-9-4-3-8-18(19)22(26)24-20/h3-4,8-9,15-17H,1-2,5-7,10-14H2,(H,23,24,26)/t15-,16-,17-/m1/s1. The number of esters is 1. The van der Waals surface area contributed by atoms with Crippen molar-refractivity contribution in [3.8, 4) is 0 Å². The number of benzene rings is 1. The van der Waals surface area contributed by atoms with Crippen molar-refractivity contribution in [3.05, 3.63) is 40.4 Å². The van der Waals surface area contributed by atoms with Crippen LogP contribution in [0, 0.1) is 11.8 Å². The number of aromatic nitrogens is 2. The van der Waals surface area contributed by atoms with Gasteiger partial charge < -0.3 is 9.72 Å². The molecular formula is C22H28N2O3. The van der Waals surface area contributed by atoms with E-state index in [0.29, 0.717) is 36.0 Å². The smallest absolute Gasteiger partial charge is 0.306 e.